The van der Waals surface area contributed by atoms with Gasteiger partial charge in [-0.15, -0.1) is 0 Å². The number of rotatable bonds is 6. The number of nitrogen functional groups attached to an aromatic ring is 1. The van der Waals surface area contributed by atoms with E-state index in [0.29, 0.717) is 12.4 Å². The maximum absolute atomic E-state index is 6.08. The zero-order valence-electron chi connectivity index (χ0n) is 13.6. The molecule has 5 heteroatoms. The maximum Gasteiger partial charge on any atom is 0.159 e. The van der Waals surface area contributed by atoms with Crippen LogP contribution in [0, 0.1) is 3.57 Å². The summed E-state index contributed by atoms with van der Waals surface area (Å²) >= 11 is 2.22. The van der Waals surface area contributed by atoms with Gasteiger partial charge < -0.3 is 10.5 Å². The summed E-state index contributed by atoms with van der Waals surface area (Å²) in [6, 6.07) is 16.5. The second-order valence-electron chi connectivity index (χ2n) is 5.65. The monoisotopic (exact) mass is 433 g/mol. The summed E-state index contributed by atoms with van der Waals surface area (Å²) in [6.07, 6.45) is 2.14. The molecule has 124 valence electrons. The Kier molecular flexibility index (Phi) is 5.40. The zero-order valence-corrected chi connectivity index (χ0v) is 15.7. The van der Waals surface area contributed by atoms with E-state index in [0.717, 1.165) is 39.0 Å². The van der Waals surface area contributed by atoms with E-state index in [-0.39, 0.29) is 0 Å². The lowest BCUT2D eigenvalue weighted by Gasteiger charge is -2.13. The molecule has 4 nitrogen and oxygen atoms in total. The maximum atomic E-state index is 6.08. The van der Waals surface area contributed by atoms with E-state index in [1.165, 1.54) is 5.56 Å². The van der Waals surface area contributed by atoms with Crippen LogP contribution < -0.4 is 10.5 Å². The van der Waals surface area contributed by atoms with Gasteiger partial charge in [0, 0.05) is 5.56 Å². The van der Waals surface area contributed by atoms with Gasteiger partial charge in [0.15, 0.2) is 5.82 Å². The third-order valence-corrected chi connectivity index (χ3v) is 4.91. The Hall–Kier alpha value is -2.02. The molecule has 0 saturated heterocycles. The molecule has 3 aromatic rings. The fourth-order valence-corrected chi connectivity index (χ4v) is 3.13. The number of anilines is 1. The number of hydrogen-bond acceptors (Lipinski definition) is 3. The minimum Gasteiger partial charge on any atom is -0.488 e. The average molecular weight is 433 g/mol. The molecule has 1 heterocycles. The summed E-state index contributed by atoms with van der Waals surface area (Å²) in [5.74, 6) is 1.35. The van der Waals surface area contributed by atoms with Gasteiger partial charge in [-0.05, 0) is 52.3 Å². The molecule has 3 N–H and O–H groups in total. The summed E-state index contributed by atoms with van der Waals surface area (Å²) in [5.41, 5.74) is 10.2. The summed E-state index contributed by atoms with van der Waals surface area (Å²) in [5, 5.41) is 7.15. The molecule has 0 fully saturated rings. The zero-order chi connectivity index (χ0) is 16.9. The molecule has 0 bridgehead atoms. The molecule has 0 radical (unpaired) electrons. The summed E-state index contributed by atoms with van der Waals surface area (Å²) < 4.78 is 7.01. The van der Waals surface area contributed by atoms with Gasteiger partial charge in [0.25, 0.3) is 0 Å². The average Bonchev–Trinajstić information content (AvgIpc) is 2.94. The highest BCUT2D eigenvalue weighted by Crippen LogP contribution is 2.35. The van der Waals surface area contributed by atoms with E-state index in [1.54, 1.807) is 0 Å². The van der Waals surface area contributed by atoms with Crippen LogP contribution in [0.5, 0.6) is 5.75 Å². The van der Waals surface area contributed by atoms with E-state index in [4.69, 9.17) is 10.5 Å². The number of nitrogens with two attached hydrogens (primary N) is 1. The van der Waals surface area contributed by atoms with Crippen LogP contribution in [0.1, 0.15) is 24.5 Å². The Labute approximate surface area is 155 Å². The molecule has 0 atom stereocenters. The van der Waals surface area contributed by atoms with Gasteiger partial charge in [0.2, 0.25) is 0 Å². The molecule has 0 aliphatic carbocycles. The van der Waals surface area contributed by atoms with Crippen molar-refractivity contribution in [1.29, 1.82) is 0 Å². The third-order valence-electron chi connectivity index (χ3n) is 3.82. The van der Waals surface area contributed by atoms with Crippen LogP contribution in [0.4, 0.5) is 5.82 Å². The number of nitrogens with zero attached hydrogens (tertiary/aromatic N) is 1. The van der Waals surface area contributed by atoms with Crippen molar-refractivity contribution in [2.24, 2.45) is 0 Å². The van der Waals surface area contributed by atoms with Gasteiger partial charge in [-0.1, -0.05) is 49.7 Å². The van der Waals surface area contributed by atoms with Gasteiger partial charge in [-0.25, -0.2) is 0 Å². The number of hydrogen-bond donors (Lipinski definition) is 2. The number of aryl methyl sites for hydroxylation is 1. The number of nitrogens with one attached hydrogen (secondary N) is 1. The lowest BCUT2D eigenvalue weighted by Crippen LogP contribution is -1.98. The van der Waals surface area contributed by atoms with Gasteiger partial charge in [0.05, 0.1) is 9.26 Å². The van der Waals surface area contributed by atoms with Crippen LogP contribution in [0.3, 0.4) is 0 Å². The van der Waals surface area contributed by atoms with Crippen molar-refractivity contribution >= 4 is 28.4 Å². The van der Waals surface area contributed by atoms with Crippen molar-refractivity contribution in [3.63, 3.8) is 0 Å². The van der Waals surface area contributed by atoms with E-state index in [9.17, 15) is 0 Å². The Morgan fingerprint density at radius 3 is 2.58 bits per heavy atom. The van der Waals surface area contributed by atoms with E-state index in [2.05, 4.69) is 64.0 Å². The van der Waals surface area contributed by atoms with Crippen LogP contribution in [0.2, 0.25) is 0 Å². The van der Waals surface area contributed by atoms with E-state index >= 15 is 0 Å². The Morgan fingerprint density at radius 1 is 1.12 bits per heavy atom. The normalized spacial score (nSPS) is 10.8. The summed E-state index contributed by atoms with van der Waals surface area (Å²) in [6.45, 7) is 2.71. The number of benzene rings is 2. The van der Waals surface area contributed by atoms with Gasteiger partial charge in [0.1, 0.15) is 12.4 Å². The predicted molar refractivity (Wildman–Crippen MR) is 106 cm³/mol. The highest BCUT2D eigenvalue weighted by atomic mass is 127. The van der Waals surface area contributed by atoms with Crippen LogP contribution in [-0.2, 0) is 13.0 Å². The van der Waals surface area contributed by atoms with Crippen LogP contribution in [0.15, 0.2) is 48.5 Å². The quantitative estimate of drug-likeness (QED) is 0.550. The topological polar surface area (TPSA) is 63.9 Å². The first-order chi connectivity index (χ1) is 11.7. The highest BCUT2D eigenvalue weighted by Gasteiger charge is 2.15. The first kappa shape index (κ1) is 16.8. The third kappa shape index (κ3) is 3.72. The second-order valence-corrected chi connectivity index (χ2v) is 6.73. The molecule has 24 heavy (non-hydrogen) atoms. The lowest BCUT2D eigenvalue weighted by molar-refractivity contribution is 0.307. The molecule has 0 saturated carbocycles. The van der Waals surface area contributed by atoms with Gasteiger partial charge in [-0.3, -0.25) is 5.10 Å². The first-order valence-corrected chi connectivity index (χ1v) is 9.06. The first-order valence-electron chi connectivity index (χ1n) is 7.98. The molecule has 0 amide bonds. The predicted octanol–water partition coefficient (Wildman–Crippen LogP) is 4.80. The molecule has 0 spiro atoms. The van der Waals surface area contributed by atoms with Gasteiger partial charge in [-0.2, -0.15) is 5.10 Å². The summed E-state index contributed by atoms with van der Waals surface area (Å²) in [7, 11) is 0. The fraction of sp³-hybridized carbons (Fsp3) is 0.211. The SMILES string of the molecule is CCCc1ccc(OCc2ccccc2)c(-c2[nH]nc(N)c2I)c1. The number of aromatic nitrogens is 2. The Bertz CT molecular complexity index is 815. The Balaban J connectivity index is 1.94. The van der Waals surface area contributed by atoms with Crippen molar-refractivity contribution in [2.75, 3.05) is 5.73 Å². The van der Waals surface area contributed by atoms with Gasteiger partial charge >= 0.3 is 0 Å². The molecule has 0 aliphatic rings. The minimum absolute atomic E-state index is 0.514. The van der Waals surface area contributed by atoms with Crippen LogP contribution in [0.25, 0.3) is 11.3 Å². The number of H-pyrrole nitrogens is 1. The number of ether oxygens (including phenoxy) is 1. The molecular weight excluding hydrogens is 413 g/mol. The molecular formula is C19H20IN3O. The largest absolute Gasteiger partial charge is 0.488 e. The second kappa shape index (κ2) is 7.70. The lowest BCUT2D eigenvalue weighted by atomic mass is 10.0. The number of aromatic amines is 1. The number of halogens is 1. The van der Waals surface area contributed by atoms with Crippen molar-refractivity contribution in [3.8, 4) is 17.0 Å². The van der Waals surface area contributed by atoms with Crippen LogP contribution in [-0.4, -0.2) is 10.2 Å². The molecule has 1 aromatic heterocycles. The summed E-state index contributed by atoms with van der Waals surface area (Å²) in [4.78, 5) is 0. The van der Waals surface area contributed by atoms with Crippen molar-refractivity contribution in [3.05, 3.63) is 63.2 Å². The fourth-order valence-electron chi connectivity index (χ4n) is 2.60. The van der Waals surface area contributed by atoms with E-state index in [1.807, 2.05) is 24.3 Å². The smallest absolute Gasteiger partial charge is 0.159 e. The van der Waals surface area contributed by atoms with Crippen molar-refractivity contribution in [1.82, 2.24) is 10.2 Å². The van der Waals surface area contributed by atoms with Crippen LogP contribution >= 0.6 is 22.6 Å². The molecule has 2 aromatic carbocycles. The molecule has 3 rings (SSSR count). The minimum atomic E-state index is 0.514. The standard InChI is InChI=1S/C19H20IN3O/c1-2-6-13-9-10-16(24-12-14-7-4-3-5-8-14)15(11-13)18-17(20)19(21)23-22-18/h3-5,7-11H,2,6,12H2,1H3,(H3,21,22,23). The molecule has 0 unspecified atom stereocenters. The van der Waals surface area contributed by atoms with Crippen molar-refractivity contribution < 1.29 is 4.74 Å². The molecule has 0 aliphatic heterocycles. The van der Waals surface area contributed by atoms with Crippen molar-refractivity contribution in [2.45, 2.75) is 26.4 Å². The highest BCUT2D eigenvalue weighted by molar-refractivity contribution is 14.1. The van der Waals surface area contributed by atoms with E-state index < -0.39 is 0 Å². The Morgan fingerprint density at radius 2 is 1.92 bits per heavy atom.